The largest absolute Gasteiger partial charge is 0.337 e. The third-order valence-corrected chi connectivity index (χ3v) is 7.20. The molecule has 29 heavy (non-hydrogen) atoms. The van der Waals surface area contributed by atoms with Gasteiger partial charge in [0.15, 0.2) is 0 Å². The molecule has 4 rings (SSSR count). The van der Waals surface area contributed by atoms with Gasteiger partial charge in [0.25, 0.3) is 0 Å². The van der Waals surface area contributed by atoms with Crippen LogP contribution in [-0.4, -0.2) is 46.4 Å². The molecule has 4 nitrogen and oxygen atoms in total. The fraction of sp³-hybridized carbons (Fsp3) is 0.417. The Labute approximate surface area is 177 Å². The summed E-state index contributed by atoms with van der Waals surface area (Å²) in [6.07, 6.45) is 2.14. The molecule has 0 N–H and O–H groups in total. The number of amides is 1. The standard InChI is InChI=1S/C24H29N3OS/c1-3-26(17-19-9-5-4-6-10-19)24(28)18(2)27-15-13-20(14-16-27)23-25-21-11-7-8-12-22(21)29-23/h4-12,18,20H,3,13-17H2,1-2H3/t18-/m0/s1. The minimum absolute atomic E-state index is 0.0741. The lowest BCUT2D eigenvalue weighted by molar-refractivity contribution is -0.137. The monoisotopic (exact) mass is 407 g/mol. The predicted molar refractivity (Wildman–Crippen MR) is 120 cm³/mol. The van der Waals surface area contributed by atoms with E-state index in [9.17, 15) is 4.79 Å². The maximum absolute atomic E-state index is 13.1. The maximum atomic E-state index is 13.1. The number of para-hydroxylation sites is 1. The summed E-state index contributed by atoms with van der Waals surface area (Å²) in [6.45, 7) is 7.45. The number of rotatable bonds is 6. The van der Waals surface area contributed by atoms with Gasteiger partial charge in [-0.1, -0.05) is 42.5 Å². The van der Waals surface area contributed by atoms with Crippen LogP contribution in [0.2, 0.25) is 0 Å². The summed E-state index contributed by atoms with van der Waals surface area (Å²) in [5.41, 5.74) is 2.29. The number of thiazole rings is 1. The van der Waals surface area contributed by atoms with Crippen molar-refractivity contribution in [3.8, 4) is 0 Å². The van der Waals surface area contributed by atoms with E-state index in [-0.39, 0.29) is 11.9 Å². The second kappa shape index (κ2) is 9.06. The van der Waals surface area contributed by atoms with Crippen molar-refractivity contribution in [2.75, 3.05) is 19.6 Å². The lowest BCUT2D eigenvalue weighted by atomic mass is 9.96. The number of fused-ring (bicyclic) bond motifs is 1. The van der Waals surface area contributed by atoms with Crippen molar-refractivity contribution >= 4 is 27.5 Å². The van der Waals surface area contributed by atoms with Gasteiger partial charge in [0.2, 0.25) is 5.91 Å². The first-order valence-corrected chi connectivity index (χ1v) is 11.4. The SMILES string of the molecule is CCN(Cc1ccccc1)C(=O)[C@H](C)N1CCC(c2nc3ccccc3s2)CC1. The van der Waals surface area contributed by atoms with E-state index in [1.807, 2.05) is 34.4 Å². The highest BCUT2D eigenvalue weighted by Crippen LogP contribution is 2.34. The third-order valence-electron chi connectivity index (χ3n) is 6.00. The van der Waals surface area contributed by atoms with Crippen LogP contribution >= 0.6 is 11.3 Å². The lowest BCUT2D eigenvalue weighted by Gasteiger charge is -2.36. The molecule has 1 amide bonds. The number of hydrogen-bond donors (Lipinski definition) is 0. The van der Waals surface area contributed by atoms with Crippen molar-refractivity contribution in [1.82, 2.24) is 14.8 Å². The van der Waals surface area contributed by atoms with Gasteiger partial charge in [-0.2, -0.15) is 0 Å². The lowest BCUT2D eigenvalue weighted by Crippen LogP contribution is -2.49. The van der Waals surface area contributed by atoms with Crippen molar-refractivity contribution in [2.24, 2.45) is 0 Å². The highest BCUT2D eigenvalue weighted by atomic mass is 32.1. The zero-order valence-electron chi connectivity index (χ0n) is 17.3. The van der Waals surface area contributed by atoms with Gasteiger partial charge in [-0.25, -0.2) is 4.98 Å². The molecule has 1 aliphatic rings. The molecule has 5 heteroatoms. The summed E-state index contributed by atoms with van der Waals surface area (Å²) in [4.78, 5) is 22.3. The summed E-state index contributed by atoms with van der Waals surface area (Å²) in [6, 6.07) is 18.6. The number of hydrogen-bond acceptors (Lipinski definition) is 4. The van der Waals surface area contributed by atoms with E-state index in [1.54, 1.807) is 0 Å². The Morgan fingerprint density at radius 1 is 1.14 bits per heavy atom. The van der Waals surface area contributed by atoms with Crippen LogP contribution in [0, 0.1) is 0 Å². The number of piperidine rings is 1. The quantitative estimate of drug-likeness (QED) is 0.582. The van der Waals surface area contributed by atoms with Crippen LogP contribution in [0.25, 0.3) is 10.2 Å². The molecular weight excluding hydrogens is 378 g/mol. The molecule has 1 fully saturated rings. The van der Waals surface area contributed by atoms with Crippen molar-refractivity contribution < 1.29 is 4.79 Å². The summed E-state index contributed by atoms with van der Waals surface area (Å²) in [7, 11) is 0. The normalized spacial score (nSPS) is 16.8. The van der Waals surface area contributed by atoms with Crippen LogP contribution in [0.3, 0.4) is 0 Å². The van der Waals surface area contributed by atoms with E-state index in [0.29, 0.717) is 12.5 Å². The number of aromatic nitrogens is 1. The zero-order valence-corrected chi connectivity index (χ0v) is 18.1. The smallest absolute Gasteiger partial charge is 0.239 e. The minimum atomic E-state index is -0.0741. The van der Waals surface area contributed by atoms with E-state index in [0.717, 1.165) is 38.0 Å². The van der Waals surface area contributed by atoms with E-state index in [1.165, 1.54) is 15.3 Å². The number of carbonyl (C=O) groups is 1. The van der Waals surface area contributed by atoms with Crippen molar-refractivity contribution in [1.29, 1.82) is 0 Å². The first-order chi connectivity index (χ1) is 14.2. The van der Waals surface area contributed by atoms with Crippen LogP contribution in [0.1, 0.15) is 43.2 Å². The van der Waals surface area contributed by atoms with Gasteiger partial charge in [0.1, 0.15) is 0 Å². The molecule has 152 valence electrons. The first-order valence-electron chi connectivity index (χ1n) is 10.6. The number of likely N-dealkylation sites (N-methyl/N-ethyl adjacent to an activating group) is 1. The molecule has 0 radical (unpaired) electrons. The van der Waals surface area contributed by atoms with Crippen LogP contribution in [0.15, 0.2) is 54.6 Å². The number of nitrogens with zero attached hydrogens (tertiary/aromatic N) is 3. The van der Waals surface area contributed by atoms with Crippen LogP contribution in [-0.2, 0) is 11.3 Å². The number of likely N-dealkylation sites (tertiary alicyclic amines) is 1. The Bertz CT molecular complexity index is 914. The summed E-state index contributed by atoms with van der Waals surface area (Å²) in [5, 5.41) is 1.25. The van der Waals surface area contributed by atoms with Crippen molar-refractivity contribution in [3.63, 3.8) is 0 Å². The molecule has 1 saturated heterocycles. The van der Waals surface area contributed by atoms with Gasteiger partial charge in [-0.3, -0.25) is 9.69 Å². The van der Waals surface area contributed by atoms with Gasteiger partial charge < -0.3 is 4.90 Å². The zero-order chi connectivity index (χ0) is 20.2. The van der Waals surface area contributed by atoms with Crippen LogP contribution in [0.5, 0.6) is 0 Å². The molecule has 0 unspecified atom stereocenters. The molecule has 3 aromatic rings. The average molecular weight is 408 g/mol. The second-order valence-corrected chi connectivity index (χ2v) is 8.91. The fourth-order valence-electron chi connectivity index (χ4n) is 4.17. The Kier molecular flexibility index (Phi) is 6.26. The Balaban J connectivity index is 1.36. The van der Waals surface area contributed by atoms with Gasteiger partial charge in [-0.05, 0) is 57.5 Å². The van der Waals surface area contributed by atoms with Crippen LogP contribution < -0.4 is 0 Å². The number of carbonyl (C=O) groups excluding carboxylic acids is 1. The molecule has 2 aromatic carbocycles. The fourth-order valence-corrected chi connectivity index (χ4v) is 5.30. The summed E-state index contributed by atoms with van der Waals surface area (Å²) < 4.78 is 1.27. The maximum Gasteiger partial charge on any atom is 0.239 e. The van der Waals surface area contributed by atoms with Crippen molar-refractivity contribution in [3.05, 3.63) is 65.2 Å². The highest BCUT2D eigenvalue weighted by Gasteiger charge is 2.30. The molecule has 0 aliphatic carbocycles. The molecule has 1 atom stereocenters. The van der Waals surface area contributed by atoms with Gasteiger partial charge in [-0.15, -0.1) is 11.3 Å². The van der Waals surface area contributed by atoms with E-state index >= 15 is 0 Å². The topological polar surface area (TPSA) is 36.4 Å². The molecule has 0 spiro atoms. The minimum Gasteiger partial charge on any atom is -0.337 e. The average Bonchev–Trinajstić information content (AvgIpc) is 3.21. The predicted octanol–water partition coefficient (Wildman–Crippen LogP) is 4.91. The van der Waals surface area contributed by atoms with E-state index < -0.39 is 0 Å². The summed E-state index contributed by atoms with van der Waals surface area (Å²) >= 11 is 1.82. The number of benzene rings is 2. The molecule has 1 aliphatic heterocycles. The second-order valence-electron chi connectivity index (χ2n) is 7.84. The first kappa shape index (κ1) is 20.0. The van der Waals surface area contributed by atoms with Gasteiger partial charge in [0, 0.05) is 19.0 Å². The molecule has 2 heterocycles. The molecule has 1 aromatic heterocycles. The molecular formula is C24H29N3OS. The van der Waals surface area contributed by atoms with Crippen molar-refractivity contribution in [2.45, 2.75) is 45.2 Å². The highest BCUT2D eigenvalue weighted by molar-refractivity contribution is 7.18. The summed E-state index contributed by atoms with van der Waals surface area (Å²) in [5.74, 6) is 0.743. The Morgan fingerprint density at radius 3 is 2.52 bits per heavy atom. The van der Waals surface area contributed by atoms with E-state index in [2.05, 4.69) is 55.1 Å². The Morgan fingerprint density at radius 2 is 1.83 bits per heavy atom. The molecule has 0 bridgehead atoms. The van der Waals surface area contributed by atoms with Crippen LogP contribution in [0.4, 0.5) is 0 Å². The Hall–Kier alpha value is -2.24. The van der Waals surface area contributed by atoms with Gasteiger partial charge in [0.05, 0.1) is 21.3 Å². The van der Waals surface area contributed by atoms with Gasteiger partial charge >= 0.3 is 0 Å². The molecule has 0 saturated carbocycles. The van der Waals surface area contributed by atoms with E-state index in [4.69, 9.17) is 4.98 Å². The third kappa shape index (κ3) is 4.51.